The van der Waals surface area contributed by atoms with Crippen LogP contribution in [0, 0.1) is 0 Å². The van der Waals surface area contributed by atoms with Gasteiger partial charge < -0.3 is 15.4 Å². The molecule has 1 aromatic heterocycles. The monoisotopic (exact) mass is 459 g/mol. The van der Waals surface area contributed by atoms with Crippen molar-refractivity contribution in [2.45, 2.75) is 26.0 Å². The van der Waals surface area contributed by atoms with Crippen molar-refractivity contribution in [3.63, 3.8) is 0 Å². The van der Waals surface area contributed by atoms with E-state index in [1.54, 1.807) is 18.4 Å². The molecule has 4 nitrogen and oxygen atoms in total. The van der Waals surface area contributed by atoms with Crippen molar-refractivity contribution < 1.29 is 4.74 Å². The van der Waals surface area contributed by atoms with Crippen LogP contribution in [0.15, 0.2) is 52.2 Å². The number of guanidine groups is 1. The molecule has 0 spiro atoms. The van der Waals surface area contributed by atoms with Crippen LogP contribution in [0.5, 0.6) is 0 Å². The molecule has 0 fully saturated rings. The molecule has 0 aliphatic carbocycles. The molecule has 0 bridgehead atoms. The fraction of sp³-hybridized carbons (Fsp3) is 0.389. The molecule has 1 unspecified atom stereocenters. The summed E-state index contributed by atoms with van der Waals surface area (Å²) in [4.78, 5) is 4.22. The molecule has 0 aliphatic rings. The highest BCUT2D eigenvalue weighted by Crippen LogP contribution is 2.15. The fourth-order valence-corrected chi connectivity index (χ4v) is 2.83. The van der Waals surface area contributed by atoms with E-state index in [9.17, 15) is 0 Å². The number of aliphatic imine (C=N–C) groups is 1. The highest BCUT2D eigenvalue weighted by Gasteiger charge is 2.04. The Morgan fingerprint density at radius 2 is 2.00 bits per heavy atom. The van der Waals surface area contributed by atoms with Crippen molar-refractivity contribution in [1.29, 1.82) is 0 Å². The zero-order valence-electron chi connectivity index (χ0n) is 14.2. The number of hydrogen-bond donors (Lipinski definition) is 2. The predicted molar refractivity (Wildman–Crippen MR) is 113 cm³/mol. The third-order valence-corrected chi connectivity index (χ3v) is 4.25. The van der Waals surface area contributed by atoms with Gasteiger partial charge in [0.1, 0.15) is 0 Å². The van der Waals surface area contributed by atoms with Gasteiger partial charge in [-0.3, -0.25) is 4.99 Å². The summed E-state index contributed by atoms with van der Waals surface area (Å²) in [7, 11) is 1.79. The molecule has 1 atom stereocenters. The van der Waals surface area contributed by atoms with E-state index in [-0.39, 0.29) is 30.1 Å². The van der Waals surface area contributed by atoms with Crippen molar-refractivity contribution in [2.75, 3.05) is 20.2 Å². The van der Waals surface area contributed by atoms with Gasteiger partial charge in [-0.15, -0.1) is 24.0 Å². The Kier molecular flexibility index (Phi) is 10.7. The lowest BCUT2D eigenvalue weighted by molar-refractivity contribution is 0.0646. The number of nitrogens with zero attached hydrogens (tertiary/aromatic N) is 1. The first kappa shape index (κ1) is 20.9. The first-order valence-electron chi connectivity index (χ1n) is 7.91. The minimum absolute atomic E-state index is 0. The summed E-state index contributed by atoms with van der Waals surface area (Å²) in [6, 6.07) is 12.4. The van der Waals surface area contributed by atoms with Gasteiger partial charge in [0.25, 0.3) is 0 Å². The number of nitrogens with one attached hydrogen (secondary N) is 2. The van der Waals surface area contributed by atoms with Crippen LogP contribution in [-0.2, 0) is 11.3 Å². The molecule has 2 N–H and O–H groups in total. The van der Waals surface area contributed by atoms with Crippen LogP contribution in [0.1, 0.15) is 30.6 Å². The van der Waals surface area contributed by atoms with Crippen LogP contribution in [0.25, 0.3) is 0 Å². The molecule has 1 aromatic carbocycles. The predicted octanol–water partition coefficient (Wildman–Crippen LogP) is 4.20. The average molecular weight is 459 g/mol. The van der Waals surface area contributed by atoms with E-state index in [4.69, 9.17) is 4.74 Å². The summed E-state index contributed by atoms with van der Waals surface area (Å²) in [6.45, 7) is 4.45. The number of benzene rings is 1. The van der Waals surface area contributed by atoms with Gasteiger partial charge >= 0.3 is 0 Å². The molecule has 0 saturated heterocycles. The molecule has 2 aromatic rings. The smallest absolute Gasteiger partial charge is 0.191 e. The lowest BCUT2D eigenvalue weighted by Gasteiger charge is -2.14. The van der Waals surface area contributed by atoms with E-state index in [1.165, 1.54) is 11.1 Å². The highest BCUT2D eigenvalue weighted by molar-refractivity contribution is 14.0. The van der Waals surface area contributed by atoms with E-state index < -0.39 is 0 Å². The number of ether oxygens (including phenoxy) is 1. The van der Waals surface area contributed by atoms with Gasteiger partial charge in [0.15, 0.2) is 5.96 Å². The fourth-order valence-electron chi connectivity index (χ4n) is 2.16. The van der Waals surface area contributed by atoms with Crippen LogP contribution >= 0.6 is 35.3 Å². The third-order valence-electron chi connectivity index (χ3n) is 3.51. The normalized spacial score (nSPS) is 12.3. The Morgan fingerprint density at radius 3 is 2.67 bits per heavy atom. The summed E-state index contributed by atoms with van der Waals surface area (Å²) in [6.07, 6.45) is 1.07. The second kappa shape index (κ2) is 12.3. The van der Waals surface area contributed by atoms with E-state index >= 15 is 0 Å². The molecule has 2 rings (SSSR count). The number of rotatable bonds is 8. The minimum atomic E-state index is 0. The Bertz CT molecular complexity index is 575. The average Bonchev–Trinajstić information content (AvgIpc) is 3.11. The third kappa shape index (κ3) is 7.63. The molecule has 132 valence electrons. The van der Waals surface area contributed by atoms with Crippen LogP contribution < -0.4 is 10.6 Å². The van der Waals surface area contributed by atoms with Crippen LogP contribution in [0.4, 0.5) is 0 Å². The molecular formula is C18H26IN3OS. The van der Waals surface area contributed by atoms with Crippen LogP contribution in [0.3, 0.4) is 0 Å². The molecule has 1 heterocycles. The van der Waals surface area contributed by atoms with Gasteiger partial charge in [0, 0.05) is 26.7 Å². The van der Waals surface area contributed by atoms with Gasteiger partial charge in [-0.25, -0.2) is 0 Å². The lowest BCUT2D eigenvalue weighted by Crippen LogP contribution is -2.37. The van der Waals surface area contributed by atoms with Crippen molar-refractivity contribution in [2.24, 2.45) is 4.99 Å². The first-order valence-corrected chi connectivity index (χ1v) is 8.86. The Labute approximate surface area is 165 Å². The maximum absolute atomic E-state index is 5.86. The summed E-state index contributed by atoms with van der Waals surface area (Å²) < 4.78 is 5.86. The summed E-state index contributed by atoms with van der Waals surface area (Å²) in [5, 5.41) is 10.8. The zero-order chi connectivity index (χ0) is 16.3. The molecule has 0 radical (unpaired) electrons. The second-order valence-corrected chi connectivity index (χ2v) is 6.04. The minimum Gasteiger partial charge on any atom is -0.374 e. The Hall–Kier alpha value is -1.12. The van der Waals surface area contributed by atoms with Crippen LogP contribution in [0.2, 0.25) is 0 Å². The highest BCUT2D eigenvalue weighted by atomic mass is 127. The van der Waals surface area contributed by atoms with Crippen molar-refractivity contribution in [1.82, 2.24) is 10.6 Å². The molecule has 24 heavy (non-hydrogen) atoms. The maximum atomic E-state index is 5.86. The molecular weight excluding hydrogens is 433 g/mol. The van der Waals surface area contributed by atoms with Crippen LogP contribution in [-0.4, -0.2) is 26.2 Å². The summed E-state index contributed by atoms with van der Waals surface area (Å²) in [5.74, 6) is 0.826. The number of hydrogen-bond acceptors (Lipinski definition) is 3. The largest absolute Gasteiger partial charge is 0.374 e. The van der Waals surface area contributed by atoms with Crippen molar-refractivity contribution in [3.05, 3.63) is 58.3 Å². The first-order chi connectivity index (χ1) is 11.3. The SMILES string of the molecule is CN=C(NCCCOC(C)c1ccccc1)NCc1ccsc1.I. The molecule has 0 amide bonds. The number of thiophene rings is 1. The van der Waals surface area contributed by atoms with Gasteiger partial charge in [0.2, 0.25) is 0 Å². The van der Waals surface area contributed by atoms with E-state index in [1.807, 2.05) is 18.2 Å². The van der Waals surface area contributed by atoms with Crippen molar-refractivity contribution in [3.8, 4) is 0 Å². The standard InChI is InChI=1S/C18H25N3OS.HI/c1-15(17-7-4-3-5-8-17)22-11-6-10-20-18(19-2)21-13-16-9-12-23-14-16;/h3-5,7-9,12,14-15H,6,10-11,13H2,1-2H3,(H2,19,20,21);1H. The Balaban J connectivity index is 0.00000288. The topological polar surface area (TPSA) is 45.7 Å². The zero-order valence-corrected chi connectivity index (χ0v) is 17.3. The summed E-state index contributed by atoms with van der Waals surface area (Å²) in [5.41, 5.74) is 2.49. The number of halogens is 1. The van der Waals surface area contributed by atoms with Gasteiger partial charge in [-0.1, -0.05) is 30.3 Å². The second-order valence-electron chi connectivity index (χ2n) is 5.26. The molecule has 0 saturated carbocycles. The maximum Gasteiger partial charge on any atom is 0.191 e. The van der Waals surface area contributed by atoms with Gasteiger partial charge in [0.05, 0.1) is 6.10 Å². The lowest BCUT2D eigenvalue weighted by atomic mass is 10.1. The van der Waals surface area contributed by atoms with E-state index in [0.717, 1.165) is 32.1 Å². The summed E-state index contributed by atoms with van der Waals surface area (Å²) >= 11 is 1.71. The van der Waals surface area contributed by atoms with Crippen molar-refractivity contribution >= 4 is 41.3 Å². The van der Waals surface area contributed by atoms with E-state index in [2.05, 4.69) is 51.5 Å². The molecule has 6 heteroatoms. The molecule has 0 aliphatic heterocycles. The van der Waals surface area contributed by atoms with Gasteiger partial charge in [-0.05, 0) is 41.3 Å². The quantitative estimate of drug-likeness (QED) is 0.269. The Morgan fingerprint density at radius 1 is 1.21 bits per heavy atom. The van der Waals surface area contributed by atoms with Gasteiger partial charge in [-0.2, -0.15) is 11.3 Å². The van der Waals surface area contributed by atoms with E-state index in [0.29, 0.717) is 0 Å².